The van der Waals surface area contributed by atoms with Gasteiger partial charge in [0.2, 0.25) is 0 Å². The summed E-state index contributed by atoms with van der Waals surface area (Å²) in [5.41, 5.74) is 0. The largest absolute Gasteiger partial charge is 0.366 e. The van der Waals surface area contributed by atoms with Crippen molar-refractivity contribution in [3.63, 3.8) is 0 Å². The minimum absolute atomic E-state index is 0.291. The van der Waals surface area contributed by atoms with Crippen LogP contribution in [0.5, 0.6) is 0 Å². The van der Waals surface area contributed by atoms with Crippen molar-refractivity contribution in [3.05, 3.63) is 4.85 Å². The molecule has 0 spiro atoms. The molecule has 178 valence electrons. The highest BCUT2D eigenvalue weighted by atomic mass is 32.2. The molecule has 0 saturated carbocycles. The average Bonchev–Trinajstić information content (AvgIpc) is 2.92. The summed E-state index contributed by atoms with van der Waals surface area (Å²) in [7, 11) is -3.93. The number of rotatable bonds is 4. The lowest BCUT2D eigenvalue weighted by Crippen LogP contribution is -2.03. The lowest BCUT2D eigenvalue weighted by atomic mass is 10.3. The summed E-state index contributed by atoms with van der Waals surface area (Å²) in [6.45, 7) is 0.351. The van der Waals surface area contributed by atoms with Crippen molar-refractivity contribution in [2.24, 2.45) is 0 Å². The van der Waals surface area contributed by atoms with E-state index in [-0.39, 0.29) is 5.75 Å². The molecule has 0 unspecified atom stereocenters. The molecule has 0 heterocycles. The molecule has 4 nitrogen and oxygen atoms in total. The second kappa shape index (κ2) is 26.4. The van der Waals surface area contributed by atoms with Gasteiger partial charge in [-0.05, 0) is 53.8 Å². The molecule has 0 bridgehead atoms. The molecule has 1 N–H and O–H groups in total. The molecule has 0 aliphatic rings. The number of nitrogens with zero attached hydrogens (tertiary/aromatic N) is 1. The Bertz CT molecular complexity index is 2120. The Morgan fingerprint density at radius 2 is 0.725 bits per heavy atom. The van der Waals surface area contributed by atoms with Crippen LogP contribution in [-0.4, -0.2) is 25.3 Å². The maximum Gasteiger partial charge on any atom is 0.366 e. The zero-order chi connectivity index (χ0) is 29.2. The third-order valence-electron chi connectivity index (χ3n) is 2.82. The van der Waals surface area contributed by atoms with E-state index in [1.165, 1.54) is 0 Å². The molecule has 5 heteroatoms. The Labute approximate surface area is 236 Å². The third kappa shape index (κ3) is 30.8. The van der Waals surface area contributed by atoms with Crippen LogP contribution in [-0.2, 0) is 10.1 Å². The van der Waals surface area contributed by atoms with E-state index < -0.39 is 10.1 Å². The van der Waals surface area contributed by atoms with Gasteiger partial charge in [0.1, 0.15) is 0 Å². The lowest BCUT2D eigenvalue weighted by molar-refractivity contribution is 0.480. The van der Waals surface area contributed by atoms with E-state index in [4.69, 9.17) is 11.0 Å². The van der Waals surface area contributed by atoms with E-state index in [2.05, 4.69) is 183 Å². The summed E-state index contributed by atoms with van der Waals surface area (Å²) in [5.74, 6) is 70.9. The van der Waals surface area contributed by atoms with E-state index in [1.807, 2.05) is 0 Å². The van der Waals surface area contributed by atoms with Crippen LogP contribution in [0.2, 0.25) is 0 Å². The lowest BCUT2D eigenvalue weighted by Gasteiger charge is -1.90. The van der Waals surface area contributed by atoms with Gasteiger partial charge in [0.15, 0.2) is 0 Å². The first kappa shape index (κ1) is 32.8. The van der Waals surface area contributed by atoms with Gasteiger partial charge in [-0.3, -0.25) is 4.55 Å². The molecule has 0 rings (SSSR count). The van der Waals surface area contributed by atoms with E-state index in [1.54, 1.807) is 0 Å². The van der Waals surface area contributed by atoms with Crippen molar-refractivity contribution in [3.8, 4) is 184 Å². The summed E-state index contributed by atoms with van der Waals surface area (Å²) in [6.07, 6.45) is 5.73. The highest BCUT2D eigenvalue weighted by Crippen LogP contribution is 1.93. The number of unbranched alkanes of at least 4 members (excludes halogenated alkanes) is 1. The van der Waals surface area contributed by atoms with Crippen molar-refractivity contribution in [2.75, 3.05) is 12.3 Å². The van der Waals surface area contributed by atoms with E-state index >= 15 is 0 Å². The predicted molar refractivity (Wildman–Crippen MR) is 155 cm³/mol. The smallest absolute Gasteiger partial charge is 0.286 e. The van der Waals surface area contributed by atoms with Gasteiger partial charge in [-0.15, -0.1) is 6.42 Å². The maximum atomic E-state index is 10.5. The second-order valence-electron chi connectivity index (χ2n) is 5.63. The van der Waals surface area contributed by atoms with Crippen molar-refractivity contribution in [1.82, 2.24) is 0 Å². The zero-order valence-electron chi connectivity index (χ0n) is 20.5. The zero-order valence-corrected chi connectivity index (χ0v) is 21.3. The van der Waals surface area contributed by atoms with Gasteiger partial charge in [-0.2, -0.15) is 8.42 Å². The molecular formula is C35H10NO3S+. The second-order valence-corrected chi connectivity index (χ2v) is 7.20. The van der Waals surface area contributed by atoms with Gasteiger partial charge in [-0.1, -0.05) is 4.85 Å². The fourth-order valence-corrected chi connectivity index (χ4v) is 2.02. The van der Waals surface area contributed by atoms with Crippen molar-refractivity contribution >= 4 is 10.1 Å². The van der Waals surface area contributed by atoms with Crippen molar-refractivity contribution in [1.29, 1.82) is 0 Å². The minimum atomic E-state index is -3.93. The van der Waals surface area contributed by atoms with Crippen LogP contribution >= 0.6 is 0 Å². The van der Waals surface area contributed by atoms with Crippen LogP contribution in [0.25, 0.3) is 4.85 Å². The van der Waals surface area contributed by atoms with Gasteiger partial charge in [0.25, 0.3) is 16.7 Å². The molecule has 0 aromatic carbocycles. The highest BCUT2D eigenvalue weighted by Gasteiger charge is 2.04. The molecule has 0 fully saturated rings. The van der Waals surface area contributed by atoms with Gasteiger partial charge in [0, 0.05) is 125 Å². The van der Waals surface area contributed by atoms with Crippen LogP contribution in [0, 0.1) is 184 Å². The van der Waals surface area contributed by atoms with Crippen molar-refractivity contribution < 1.29 is 13.0 Å². The molecule has 0 aromatic heterocycles. The first-order valence-corrected chi connectivity index (χ1v) is 12.0. The van der Waals surface area contributed by atoms with Gasteiger partial charge < -0.3 is 0 Å². The number of terminal acetylenes is 1. The Morgan fingerprint density at radius 3 is 1.00 bits per heavy atom. The normalized spacial score (nSPS) is 5.70. The topological polar surface area (TPSA) is 58.7 Å². The summed E-state index contributed by atoms with van der Waals surface area (Å²) < 4.78 is 29.6. The molecule has 0 aliphatic carbocycles. The predicted octanol–water partition coefficient (Wildman–Crippen LogP) is 0.668. The Kier molecular flexibility index (Phi) is 21.7. The van der Waals surface area contributed by atoms with Crippen LogP contribution in [0.4, 0.5) is 0 Å². The quantitative estimate of drug-likeness (QED) is 0.334. The number of hydrogen-bond donors (Lipinski definition) is 1. The van der Waals surface area contributed by atoms with Crippen LogP contribution in [0.3, 0.4) is 0 Å². The van der Waals surface area contributed by atoms with Crippen molar-refractivity contribution in [2.45, 2.75) is 12.8 Å². The van der Waals surface area contributed by atoms with E-state index in [0.717, 1.165) is 0 Å². The fourth-order valence-electron chi connectivity index (χ4n) is 1.45. The highest BCUT2D eigenvalue weighted by molar-refractivity contribution is 7.85. The first-order chi connectivity index (χ1) is 19.6. The third-order valence-corrected chi connectivity index (χ3v) is 3.62. The van der Waals surface area contributed by atoms with Gasteiger partial charge in [-0.25, -0.2) is 0 Å². The van der Waals surface area contributed by atoms with Crippen LogP contribution < -0.4 is 0 Å². The monoisotopic (exact) mass is 524 g/mol. The SMILES string of the molecule is C#CC#CC#CC#CC#CC#CC#CC#CC#CC#CC#CC#CC#CC#CC#CC#[N+]CCCCS(=O)(=O)O. The summed E-state index contributed by atoms with van der Waals surface area (Å²) in [4.78, 5) is 3.83. The van der Waals surface area contributed by atoms with Crippen LogP contribution in [0.15, 0.2) is 0 Å². The Hall–Kier alpha value is -7.20. The fraction of sp³-hybridized carbons (Fsp3) is 0.114. The average molecular weight is 525 g/mol. The summed E-state index contributed by atoms with van der Waals surface area (Å²) in [6, 6.07) is 2.45. The molecule has 0 saturated heterocycles. The van der Waals surface area contributed by atoms with Gasteiger partial charge >= 0.3 is 6.07 Å². The Balaban J connectivity index is 4.40. The molecule has 0 aliphatic heterocycles. The number of hydrogen-bond acceptors (Lipinski definition) is 2. The van der Waals surface area contributed by atoms with E-state index in [0.29, 0.717) is 19.4 Å². The maximum absolute atomic E-state index is 10.5. The Morgan fingerprint density at radius 1 is 0.450 bits per heavy atom. The molecule has 0 radical (unpaired) electrons. The first-order valence-electron chi connectivity index (χ1n) is 10.4. The molecule has 0 amide bonds. The standard InChI is InChI=1S/C35H9NO3S/c1-2-3-4-5-6-7-8-9-10-11-12-13-14-15-16-17-18-19-20-21-22-23-24-25-26-27-28-29-30-33-36-34-31-32-35-40(37,38)39/h1H,31-32,34-35H2/p+1. The molecule has 40 heavy (non-hydrogen) atoms. The summed E-state index contributed by atoms with van der Waals surface area (Å²) in [5, 5.41) is 0. The minimum Gasteiger partial charge on any atom is -0.286 e. The van der Waals surface area contributed by atoms with Crippen LogP contribution in [0.1, 0.15) is 12.8 Å². The van der Waals surface area contributed by atoms with E-state index in [9.17, 15) is 8.42 Å². The molecule has 0 aromatic rings. The summed E-state index contributed by atoms with van der Waals surface area (Å²) >= 11 is 0. The van der Waals surface area contributed by atoms with Gasteiger partial charge in [0.05, 0.1) is 11.7 Å². The molecule has 0 atom stereocenters. The molecular weight excluding hydrogens is 514 g/mol.